The lowest BCUT2D eigenvalue weighted by molar-refractivity contribution is -0.354. The number of rotatable bonds is 3. The van der Waals surface area contributed by atoms with Crippen molar-refractivity contribution in [2.75, 3.05) is 13.7 Å². The van der Waals surface area contributed by atoms with Crippen LogP contribution in [0.4, 0.5) is 0 Å². The predicted octanol–water partition coefficient (Wildman–Crippen LogP) is 3.08. The number of hydrogen-bond acceptors (Lipinski definition) is 3. The Morgan fingerprint density at radius 3 is 2.88 bits per heavy atom. The lowest BCUT2D eigenvalue weighted by Crippen LogP contribution is -2.36. The lowest BCUT2D eigenvalue weighted by Gasteiger charge is -2.34. The molecule has 3 atom stereocenters. The van der Waals surface area contributed by atoms with Crippen molar-refractivity contribution in [2.24, 2.45) is 5.92 Å². The first-order valence-electron chi connectivity index (χ1n) is 6.43. The highest BCUT2D eigenvalue weighted by Gasteiger charge is 2.50. The minimum atomic E-state index is -0.146. The van der Waals surface area contributed by atoms with E-state index in [1.807, 2.05) is 0 Å². The van der Waals surface area contributed by atoms with Gasteiger partial charge in [0.05, 0.1) is 0 Å². The van der Waals surface area contributed by atoms with E-state index in [0.717, 1.165) is 38.2 Å². The zero-order valence-corrected chi connectivity index (χ0v) is 10.8. The Balaban J connectivity index is 1.95. The van der Waals surface area contributed by atoms with Crippen molar-refractivity contribution in [3.8, 4) is 0 Å². The van der Waals surface area contributed by atoms with Crippen LogP contribution in [0.3, 0.4) is 0 Å². The SMILES string of the molecule is COCCC1(C)CC2(CCCC(C)C2)OO1. The second-order valence-electron chi connectivity index (χ2n) is 5.92. The molecular formula is C13H24O3. The highest BCUT2D eigenvalue weighted by molar-refractivity contribution is 4.96. The third-order valence-electron chi connectivity index (χ3n) is 4.00. The van der Waals surface area contributed by atoms with E-state index in [1.54, 1.807) is 7.11 Å². The molecule has 2 fully saturated rings. The van der Waals surface area contributed by atoms with Gasteiger partial charge < -0.3 is 4.74 Å². The van der Waals surface area contributed by atoms with Gasteiger partial charge in [0.2, 0.25) is 0 Å². The Kier molecular flexibility index (Phi) is 3.57. The maximum Gasteiger partial charge on any atom is 0.107 e. The molecule has 2 aliphatic rings. The van der Waals surface area contributed by atoms with E-state index in [1.165, 1.54) is 12.8 Å². The normalized spacial score (nSPS) is 44.1. The van der Waals surface area contributed by atoms with E-state index >= 15 is 0 Å². The second-order valence-corrected chi connectivity index (χ2v) is 5.92. The summed E-state index contributed by atoms with van der Waals surface area (Å²) in [5.74, 6) is 0.766. The van der Waals surface area contributed by atoms with E-state index in [-0.39, 0.29) is 11.2 Å². The molecular weight excluding hydrogens is 204 g/mol. The van der Waals surface area contributed by atoms with Crippen LogP contribution in [0.15, 0.2) is 0 Å². The molecule has 0 bridgehead atoms. The summed E-state index contributed by atoms with van der Waals surface area (Å²) in [6.45, 7) is 5.20. The van der Waals surface area contributed by atoms with Crippen LogP contribution in [0.2, 0.25) is 0 Å². The Labute approximate surface area is 98.4 Å². The predicted molar refractivity (Wildman–Crippen MR) is 62.0 cm³/mol. The fraction of sp³-hybridized carbons (Fsp3) is 1.00. The summed E-state index contributed by atoms with van der Waals surface area (Å²) in [5.41, 5.74) is -0.146. The summed E-state index contributed by atoms with van der Waals surface area (Å²) in [6.07, 6.45) is 6.84. The van der Waals surface area contributed by atoms with Crippen molar-refractivity contribution in [3.05, 3.63) is 0 Å². The first kappa shape index (κ1) is 12.3. The molecule has 0 aromatic carbocycles. The number of ether oxygens (including phenoxy) is 1. The van der Waals surface area contributed by atoms with E-state index in [4.69, 9.17) is 14.5 Å². The first-order chi connectivity index (χ1) is 7.58. The topological polar surface area (TPSA) is 27.7 Å². The molecule has 0 amide bonds. The van der Waals surface area contributed by atoms with Gasteiger partial charge in [-0.2, -0.15) is 0 Å². The standard InChI is InChI=1S/C13H24O3/c1-11-5-4-6-13(9-11)10-12(2,15-16-13)7-8-14-3/h11H,4-10H2,1-3H3. The molecule has 94 valence electrons. The highest BCUT2D eigenvalue weighted by atomic mass is 17.2. The molecule has 16 heavy (non-hydrogen) atoms. The van der Waals surface area contributed by atoms with Gasteiger partial charge in [-0.05, 0) is 25.7 Å². The van der Waals surface area contributed by atoms with Gasteiger partial charge in [0.15, 0.2) is 0 Å². The largest absolute Gasteiger partial charge is 0.385 e. The van der Waals surface area contributed by atoms with Crippen LogP contribution in [0, 0.1) is 5.92 Å². The molecule has 3 nitrogen and oxygen atoms in total. The van der Waals surface area contributed by atoms with Gasteiger partial charge in [0, 0.05) is 26.6 Å². The quantitative estimate of drug-likeness (QED) is 0.695. The molecule has 3 heteroatoms. The summed E-state index contributed by atoms with van der Waals surface area (Å²) in [5, 5.41) is 0. The van der Waals surface area contributed by atoms with Gasteiger partial charge in [-0.15, -0.1) is 0 Å². The van der Waals surface area contributed by atoms with Crippen LogP contribution in [0.25, 0.3) is 0 Å². The van der Waals surface area contributed by atoms with Crippen molar-refractivity contribution in [1.29, 1.82) is 0 Å². The van der Waals surface area contributed by atoms with Crippen molar-refractivity contribution in [1.82, 2.24) is 0 Å². The Bertz CT molecular complexity index is 243. The second kappa shape index (κ2) is 4.63. The summed E-state index contributed by atoms with van der Waals surface area (Å²) < 4.78 is 5.13. The maximum atomic E-state index is 5.71. The molecule has 0 N–H and O–H groups in total. The lowest BCUT2D eigenvalue weighted by atomic mass is 9.74. The van der Waals surface area contributed by atoms with Crippen molar-refractivity contribution < 1.29 is 14.5 Å². The van der Waals surface area contributed by atoms with Crippen LogP contribution in [0.1, 0.15) is 52.4 Å². The van der Waals surface area contributed by atoms with Gasteiger partial charge in [-0.1, -0.05) is 19.8 Å². The summed E-state index contributed by atoms with van der Waals surface area (Å²) in [7, 11) is 1.73. The van der Waals surface area contributed by atoms with E-state index in [2.05, 4.69) is 13.8 Å². The Morgan fingerprint density at radius 1 is 1.38 bits per heavy atom. The van der Waals surface area contributed by atoms with Gasteiger partial charge in [-0.3, -0.25) is 0 Å². The minimum absolute atomic E-state index is 0.000157. The molecule has 0 aromatic rings. The van der Waals surface area contributed by atoms with Crippen LogP contribution >= 0.6 is 0 Å². The molecule has 2 rings (SSSR count). The first-order valence-corrected chi connectivity index (χ1v) is 6.43. The molecule has 1 saturated carbocycles. The van der Waals surface area contributed by atoms with Crippen LogP contribution in [-0.4, -0.2) is 24.9 Å². The summed E-state index contributed by atoms with van der Waals surface area (Å²) in [4.78, 5) is 11.3. The minimum Gasteiger partial charge on any atom is -0.385 e. The smallest absolute Gasteiger partial charge is 0.107 e. The molecule has 1 saturated heterocycles. The fourth-order valence-electron chi connectivity index (χ4n) is 3.23. The monoisotopic (exact) mass is 228 g/mol. The third-order valence-corrected chi connectivity index (χ3v) is 4.00. The van der Waals surface area contributed by atoms with E-state index < -0.39 is 0 Å². The number of hydrogen-bond donors (Lipinski definition) is 0. The third kappa shape index (κ3) is 2.58. The van der Waals surface area contributed by atoms with Crippen LogP contribution < -0.4 is 0 Å². The zero-order valence-electron chi connectivity index (χ0n) is 10.8. The van der Waals surface area contributed by atoms with Gasteiger partial charge in [0.25, 0.3) is 0 Å². The Morgan fingerprint density at radius 2 is 2.19 bits per heavy atom. The van der Waals surface area contributed by atoms with Crippen molar-refractivity contribution in [3.63, 3.8) is 0 Å². The molecule has 1 aliphatic heterocycles. The molecule has 3 unspecified atom stereocenters. The van der Waals surface area contributed by atoms with Crippen LogP contribution in [-0.2, 0) is 14.5 Å². The van der Waals surface area contributed by atoms with Crippen LogP contribution in [0.5, 0.6) is 0 Å². The molecule has 1 spiro atoms. The van der Waals surface area contributed by atoms with Gasteiger partial charge >= 0.3 is 0 Å². The summed E-state index contributed by atoms with van der Waals surface area (Å²) >= 11 is 0. The molecule has 1 aliphatic carbocycles. The molecule has 0 aromatic heterocycles. The highest BCUT2D eigenvalue weighted by Crippen LogP contribution is 2.47. The zero-order chi connectivity index (χ0) is 11.6. The fourth-order valence-corrected chi connectivity index (χ4v) is 3.23. The van der Waals surface area contributed by atoms with Gasteiger partial charge in [0.1, 0.15) is 11.2 Å². The number of methoxy groups -OCH3 is 1. The van der Waals surface area contributed by atoms with Crippen molar-refractivity contribution in [2.45, 2.75) is 63.6 Å². The average Bonchev–Trinajstić information content (AvgIpc) is 2.54. The van der Waals surface area contributed by atoms with Gasteiger partial charge in [-0.25, -0.2) is 9.78 Å². The molecule has 0 radical (unpaired) electrons. The van der Waals surface area contributed by atoms with E-state index in [0.29, 0.717) is 0 Å². The van der Waals surface area contributed by atoms with Crippen molar-refractivity contribution >= 4 is 0 Å². The molecule has 1 heterocycles. The maximum absolute atomic E-state index is 5.71. The Hall–Kier alpha value is -0.120. The summed E-state index contributed by atoms with van der Waals surface area (Å²) in [6, 6.07) is 0. The van der Waals surface area contributed by atoms with E-state index in [9.17, 15) is 0 Å². The average molecular weight is 228 g/mol.